The first kappa shape index (κ1) is 15.6. The molecule has 0 unspecified atom stereocenters. The first-order valence-corrected chi connectivity index (χ1v) is 7.84. The molecule has 122 valence electrons. The van der Waals surface area contributed by atoms with Crippen LogP contribution in [0.2, 0.25) is 0 Å². The highest BCUT2D eigenvalue weighted by atomic mass is 16.5. The van der Waals surface area contributed by atoms with Crippen molar-refractivity contribution in [2.75, 3.05) is 29.9 Å². The van der Waals surface area contributed by atoms with Crippen LogP contribution in [-0.4, -0.2) is 42.0 Å². The molecule has 1 aromatic carbocycles. The van der Waals surface area contributed by atoms with Crippen LogP contribution < -0.4 is 10.2 Å². The van der Waals surface area contributed by atoms with E-state index in [1.807, 2.05) is 19.9 Å². The van der Waals surface area contributed by atoms with E-state index in [2.05, 4.69) is 21.3 Å². The number of amides is 1. The van der Waals surface area contributed by atoms with E-state index >= 15 is 0 Å². The van der Waals surface area contributed by atoms with Gasteiger partial charge in [0, 0.05) is 42.2 Å². The highest BCUT2D eigenvalue weighted by Crippen LogP contribution is 2.31. The first-order chi connectivity index (χ1) is 11.1. The fourth-order valence-corrected chi connectivity index (χ4v) is 3.12. The van der Waals surface area contributed by atoms with Crippen LogP contribution in [0.25, 0.3) is 10.9 Å². The standard InChI is InChI=1S/C17H21N3O3/c1-3-23-13-6-7-20(10-13)16-8-11(2)18-15-9-12(19-17(21)22)4-5-14(15)16/h4-5,8-9,13,19H,3,6-7,10H2,1-2H3,(H,21,22)/t13-/m0/s1. The molecule has 3 rings (SSSR count). The van der Waals surface area contributed by atoms with Gasteiger partial charge in [0.15, 0.2) is 0 Å². The van der Waals surface area contributed by atoms with Gasteiger partial charge in [-0.1, -0.05) is 0 Å². The van der Waals surface area contributed by atoms with Crippen LogP contribution in [0.5, 0.6) is 0 Å². The number of fused-ring (bicyclic) bond motifs is 1. The SMILES string of the molecule is CCO[C@H]1CCN(c2cc(C)nc3cc(NC(=O)O)ccc23)C1. The number of hydrogen-bond donors (Lipinski definition) is 2. The number of hydrogen-bond acceptors (Lipinski definition) is 4. The number of pyridine rings is 1. The zero-order valence-corrected chi connectivity index (χ0v) is 13.4. The maximum atomic E-state index is 10.8. The van der Waals surface area contributed by atoms with Crippen LogP contribution >= 0.6 is 0 Å². The number of nitrogens with zero attached hydrogens (tertiary/aromatic N) is 2. The van der Waals surface area contributed by atoms with Crippen molar-refractivity contribution in [3.05, 3.63) is 30.0 Å². The molecule has 6 nitrogen and oxygen atoms in total. The summed E-state index contributed by atoms with van der Waals surface area (Å²) in [6, 6.07) is 7.56. The maximum absolute atomic E-state index is 10.8. The zero-order valence-electron chi connectivity index (χ0n) is 13.4. The van der Waals surface area contributed by atoms with Gasteiger partial charge in [0.1, 0.15) is 0 Å². The Morgan fingerprint density at radius 3 is 3.04 bits per heavy atom. The summed E-state index contributed by atoms with van der Waals surface area (Å²) in [5.74, 6) is 0. The van der Waals surface area contributed by atoms with Crippen molar-refractivity contribution >= 4 is 28.4 Å². The molecule has 0 radical (unpaired) electrons. The van der Waals surface area contributed by atoms with E-state index in [0.29, 0.717) is 5.69 Å². The molecular weight excluding hydrogens is 294 g/mol. The maximum Gasteiger partial charge on any atom is 0.409 e. The molecule has 0 aliphatic carbocycles. The molecule has 1 atom stereocenters. The van der Waals surface area contributed by atoms with Gasteiger partial charge in [0.05, 0.1) is 11.6 Å². The van der Waals surface area contributed by atoms with E-state index in [-0.39, 0.29) is 6.10 Å². The molecule has 1 fully saturated rings. The van der Waals surface area contributed by atoms with Gasteiger partial charge in [-0.3, -0.25) is 10.3 Å². The van der Waals surface area contributed by atoms with Gasteiger partial charge in [-0.2, -0.15) is 0 Å². The Labute approximate surface area is 135 Å². The summed E-state index contributed by atoms with van der Waals surface area (Å²) in [5.41, 5.74) is 3.38. The summed E-state index contributed by atoms with van der Waals surface area (Å²) in [4.78, 5) is 17.7. The molecule has 0 bridgehead atoms. The van der Waals surface area contributed by atoms with E-state index in [0.717, 1.165) is 48.4 Å². The third kappa shape index (κ3) is 3.37. The van der Waals surface area contributed by atoms with Crippen molar-refractivity contribution in [1.82, 2.24) is 4.98 Å². The summed E-state index contributed by atoms with van der Waals surface area (Å²) < 4.78 is 5.73. The van der Waals surface area contributed by atoms with Gasteiger partial charge in [-0.25, -0.2) is 4.79 Å². The average molecular weight is 315 g/mol. The van der Waals surface area contributed by atoms with Crippen LogP contribution in [0.1, 0.15) is 19.0 Å². The monoisotopic (exact) mass is 315 g/mol. The lowest BCUT2D eigenvalue weighted by molar-refractivity contribution is 0.0788. The zero-order chi connectivity index (χ0) is 16.4. The Balaban J connectivity index is 1.95. The molecule has 1 aliphatic rings. The van der Waals surface area contributed by atoms with Crippen molar-refractivity contribution in [3.8, 4) is 0 Å². The molecule has 1 saturated heterocycles. The van der Waals surface area contributed by atoms with Crippen LogP contribution in [0.15, 0.2) is 24.3 Å². The summed E-state index contributed by atoms with van der Waals surface area (Å²) >= 11 is 0. The lowest BCUT2D eigenvalue weighted by Crippen LogP contribution is -2.23. The van der Waals surface area contributed by atoms with Crippen molar-refractivity contribution in [3.63, 3.8) is 0 Å². The number of nitrogens with one attached hydrogen (secondary N) is 1. The van der Waals surface area contributed by atoms with Crippen LogP contribution in [0.3, 0.4) is 0 Å². The van der Waals surface area contributed by atoms with Gasteiger partial charge < -0.3 is 14.7 Å². The topological polar surface area (TPSA) is 74.7 Å². The largest absolute Gasteiger partial charge is 0.465 e. The number of aryl methyl sites for hydroxylation is 1. The second kappa shape index (κ2) is 6.42. The molecule has 0 spiro atoms. The number of carbonyl (C=O) groups is 1. The van der Waals surface area contributed by atoms with Crippen LogP contribution in [-0.2, 0) is 4.74 Å². The molecule has 1 aromatic heterocycles. The number of aromatic nitrogens is 1. The third-order valence-electron chi connectivity index (χ3n) is 4.06. The predicted octanol–water partition coefficient (Wildman–Crippen LogP) is 3.25. The molecule has 1 amide bonds. The van der Waals surface area contributed by atoms with E-state index in [9.17, 15) is 4.79 Å². The van der Waals surface area contributed by atoms with Crippen molar-refractivity contribution in [2.45, 2.75) is 26.4 Å². The van der Waals surface area contributed by atoms with Gasteiger partial charge in [0.25, 0.3) is 0 Å². The number of benzene rings is 1. The molecule has 2 heterocycles. The molecule has 23 heavy (non-hydrogen) atoms. The normalized spacial score (nSPS) is 17.7. The third-order valence-corrected chi connectivity index (χ3v) is 4.06. The summed E-state index contributed by atoms with van der Waals surface area (Å²) in [6.07, 6.45) is 0.225. The van der Waals surface area contributed by atoms with E-state index in [1.165, 1.54) is 0 Å². The minimum Gasteiger partial charge on any atom is -0.465 e. The molecule has 1 aliphatic heterocycles. The van der Waals surface area contributed by atoms with Crippen molar-refractivity contribution in [1.29, 1.82) is 0 Å². The van der Waals surface area contributed by atoms with Gasteiger partial charge in [-0.05, 0) is 44.5 Å². The first-order valence-electron chi connectivity index (χ1n) is 7.84. The number of rotatable bonds is 4. The van der Waals surface area contributed by atoms with Gasteiger partial charge in [0.2, 0.25) is 0 Å². The van der Waals surface area contributed by atoms with E-state index in [4.69, 9.17) is 9.84 Å². The lowest BCUT2D eigenvalue weighted by atomic mass is 10.1. The van der Waals surface area contributed by atoms with Gasteiger partial charge in [-0.15, -0.1) is 0 Å². The fraction of sp³-hybridized carbons (Fsp3) is 0.412. The Morgan fingerprint density at radius 1 is 1.48 bits per heavy atom. The Kier molecular flexibility index (Phi) is 4.34. The summed E-state index contributed by atoms with van der Waals surface area (Å²) in [6.45, 7) is 6.54. The molecule has 0 saturated carbocycles. The van der Waals surface area contributed by atoms with Crippen molar-refractivity contribution < 1.29 is 14.6 Å². The molecule has 6 heteroatoms. The minimum atomic E-state index is -1.07. The summed E-state index contributed by atoms with van der Waals surface area (Å²) in [5, 5.41) is 12.3. The number of carboxylic acid groups (broad SMARTS) is 1. The van der Waals surface area contributed by atoms with Crippen LogP contribution in [0, 0.1) is 6.92 Å². The number of anilines is 2. The van der Waals surface area contributed by atoms with E-state index < -0.39 is 6.09 Å². The van der Waals surface area contributed by atoms with Crippen molar-refractivity contribution in [2.24, 2.45) is 0 Å². The number of ether oxygens (including phenoxy) is 1. The predicted molar refractivity (Wildman–Crippen MR) is 90.4 cm³/mol. The van der Waals surface area contributed by atoms with E-state index in [1.54, 1.807) is 12.1 Å². The van der Waals surface area contributed by atoms with Gasteiger partial charge >= 0.3 is 6.09 Å². The quantitative estimate of drug-likeness (QED) is 0.906. The Hall–Kier alpha value is -2.34. The Morgan fingerprint density at radius 2 is 2.30 bits per heavy atom. The fourth-order valence-electron chi connectivity index (χ4n) is 3.12. The highest BCUT2D eigenvalue weighted by Gasteiger charge is 2.24. The molecular formula is C17H21N3O3. The molecule has 2 N–H and O–H groups in total. The molecule has 2 aromatic rings. The van der Waals surface area contributed by atoms with Crippen LogP contribution in [0.4, 0.5) is 16.2 Å². The Bertz CT molecular complexity index is 732. The highest BCUT2D eigenvalue weighted by molar-refractivity contribution is 5.95. The smallest absolute Gasteiger partial charge is 0.409 e. The summed E-state index contributed by atoms with van der Waals surface area (Å²) in [7, 11) is 0. The average Bonchev–Trinajstić information content (AvgIpc) is 2.94. The lowest BCUT2D eigenvalue weighted by Gasteiger charge is -2.21. The minimum absolute atomic E-state index is 0.275. The second-order valence-corrected chi connectivity index (χ2v) is 5.76. The second-order valence-electron chi connectivity index (χ2n) is 5.76.